The van der Waals surface area contributed by atoms with Crippen LogP contribution >= 0.6 is 0 Å². The third kappa shape index (κ3) is 3.34. The van der Waals surface area contributed by atoms with E-state index in [1.807, 2.05) is 42.5 Å². The number of aliphatic carboxylic acids is 1. The monoisotopic (exact) mass is 350 g/mol. The molecule has 3 atom stereocenters. The van der Waals surface area contributed by atoms with Crippen molar-refractivity contribution >= 4 is 17.5 Å². The second kappa shape index (κ2) is 7.27. The summed E-state index contributed by atoms with van der Waals surface area (Å²) in [5.74, 6) is -0.0554. The number of aliphatic imine (C=N–C) groups is 1. The molecule has 2 aromatic rings. The number of carboxylic acids is 1. The third-order valence-electron chi connectivity index (χ3n) is 4.89. The first kappa shape index (κ1) is 16.8. The maximum Gasteiger partial charge on any atom is 0.305 e. The van der Waals surface area contributed by atoms with Gasteiger partial charge in [-0.15, -0.1) is 0 Å². The van der Waals surface area contributed by atoms with Gasteiger partial charge in [0.15, 0.2) is 0 Å². The average molecular weight is 350 g/mol. The Balaban J connectivity index is 1.68. The van der Waals surface area contributed by atoms with E-state index in [0.29, 0.717) is 0 Å². The van der Waals surface area contributed by atoms with E-state index in [0.717, 1.165) is 30.2 Å². The lowest BCUT2D eigenvalue weighted by Crippen LogP contribution is -2.56. The van der Waals surface area contributed by atoms with Crippen LogP contribution in [0.4, 0.5) is 5.69 Å². The van der Waals surface area contributed by atoms with Gasteiger partial charge in [0, 0.05) is 24.3 Å². The van der Waals surface area contributed by atoms with Gasteiger partial charge in [-0.25, -0.2) is 0 Å². The Morgan fingerprint density at radius 2 is 1.69 bits per heavy atom. The van der Waals surface area contributed by atoms with Crippen molar-refractivity contribution in [1.82, 2.24) is 10.6 Å². The van der Waals surface area contributed by atoms with Crippen molar-refractivity contribution in [3.05, 3.63) is 65.7 Å². The number of hydrogen-bond acceptors (Lipinski definition) is 5. The topological polar surface area (TPSA) is 85.8 Å². The first-order valence-corrected chi connectivity index (χ1v) is 8.89. The lowest BCUT2D eigenvalue weighted by molar-refractivity contribution is -0.137. The van der Waals surface area contributed by atoms with Gasteiger partial charge in [0.25, 0.3) is 0 Å². The minimum atomic E-state index is -0.843. The molecule has 6 heteroatoms. The number of para-hydroxylation sites is 1. The molecule has 0 aliphatic carbocycles. The Morgan fingerprint density at radius 3 is 2.46 bits per heavy atom. The molecular weight excluding hydrogens is 328 g/mol. The highest BCUT2D eigenvalue weighted by Crippen LogP contribution is 2.34. The molecule has 2 heterocycles. The summed E-state index contributed by atoms with van der Waals surface area (Å²) < 4.78 is 0. The average Bonchev–Trinajstić information content (AvgIpc) is 2.68. The normalized spacial score (nSPS) is 24.9. The molecule has 0 bridgehead atoms. The van der Waals surface area contributed by atoms with Crippen molar-refractivity contribution in [2.75, 3.05) is 18.4 Å². The highest BCUT2D eigenvalue weighted by molar-refractivity contribution is 6.02. The maximum atomic E-state index is 11.3. The van der Waals surface area contributed by atoms with E-state index >= 15 is 0 Å². The van der Waals surface area contributed by atoms with E-state index in [2.05, 4.69) is 28.1 Å². The molecule has 0 radical (unpaired) electrons. The molecule has 0 amide bonds. The smallest absolute Gasteiger partial charge is 0.305 e. The van der Waals surface area contributed by atoms with Crippen molar-refractivity contribution in [3.63, 3.8) is 0 Å². The molecule has 2 aromatic carbocycles. The van der Waals surface area contributed by atoms with Crippen LogP contribution in [0.25, 0.3) is 0 Å². The van der Waals surface area contributed by atoms with E-state index in [1.165, 1.54) is 5.56 Å². The number of hydrogen-bond donors (Lipinski definition) is 4. The maximum absolute atomic E-state index is 11.3. The summed E-state index contributed by atoms with van der Waals surface area (Å²) in [7, 11) is 0. The standard InChI is InChI=1S/C20H22N4O2/c25-17(26)12-16-14-8-4-5-9-15(14)23-20(24-16)19-18(21-10-11-22-19)13-6-2-1-3-7-13/h1-9,16,18-19,21-22H,10-12H2,(H,23,24)(H,25,26). The molecule has 26 heavy (non-hydrogen) atoms. The van der Waals surface area contributed by atoms with E-state index < -0.39 is 5.97 Å². The Morgan fingerprint density at radius 1 is 1.00 bits per heavy atom. The van der Waals surface area contributed by atoms with E-state index in [-0.39, 0.29) is 24.5 Å². The molecule has 0 aromatic heterocycles. The number of nitrogens with zero attached hydrogens (tertiary/aromatic N) is 1. The van der Waals surface area contributed by atoms with Gasteiger partial charge in [-0.1, -0.05) is 48.5 Å². The fourth-order valence-corrected chi connectivity index (χ4v) is 3.70. The Labute approximate surface area is 152 Å². The van der Waals surface area contributed by atoms with Gasteiger partial charge in [0.05, 0.1) is 24.5 Å². The number of carbonyl (C=O) groups is 1. The zero-order chi connectivity index (χ0) is 17.9. The summed E-state index contributed by atoms with van der Waals surface area (Å²) >= 11 is 0. The number of nitrogens with one attached hydrogen (secondary N) is 3. The molecule has 2 aliphatic heterocycles. The van der Waals surface area contributed by atoms with Crippen LogP contribution in [0.5, 0.6) is 0 Å². The second-order valence-electron chi connectivity index (χ2n) is 6.61. The Bertz CT molecular complexity index is 822. The molecule has 0 spiro atoms. The summed E-state index contributed by atoms with van der Waals surface area (Å²) in [5, 5.41) is 19.8. The SMILES string of the molecule is O=C(O)CC1N=C(C2NCCNC2c2ccccc2)Nc2ccccc21. The number of fused-ring (bicyclic) bond motifs is 1. The number of piperazine rings is 1. The van der Waals surface area contributed by atoms with Crippen LogP contribution in [-0.2, 0) is 4.79 Å². The zero-order valence-electron chi connectivity index (χ0n) is 14.4. The van der Waals surface area contributed by atoms with Gasteiger partial charge < -0.3 is 21.1 Å². The Hall–Kier alpha value is -2.70. The van der Waals surface area contributed by atoms with Crippen LogP contribution in [-0.4, -0.2) is 36.0 Å². The van der Waals surface area contributed by atoms with Gasteiger partial charge >= 0.3 is 5.97 Å². The Kier molecular flexibility index (Phi) is 4.69. The molecule has 6 nitrogen and oxygen atoms in total. The van der Waals surface area contributed by atoms with E-state index in [4.69, 9.17) is 4.99 Å². The zero-order valence-corrected chi connectivity index (χ0v) is 14.4. The highest BCUT2D eigenvalue weighted by atomic mass is 16.4. The number of benzene rings is 2. The van der Waals surface area contributed by atoms with Gasteiger partial charge in [-0.3, -0.25) is 9.79 Å². The molecule has 2 aliphatic rings. The lowest BCUT2D eigenvalue weighted by Gasteiger charge is -2.37. The highest BCUT2D eigenvalue weighted by Gasteiger charge is 2.33. The third-order valence-corrected chi connectivity index (χ3v) is 4.89. The van der Waals surface area contributed by atoms with Crippen LogP contribution in [0.1, 0.15) is 29.6 Å². The van der Waals surface area contributed by atoms with Crippen molar-refractivity contribution in [1.29, 1.82) is 0 Å². The second-order valence-corrected chi connectivity index (χ2v) is 6.61. The lowest BCUT2D eigenvalue weighted by atomic mass is 9.93. The van der Waals surface area contributed by atoms with Crippen LogP contribution in [0, 0.1) is 0 Å². The molecule has 134 valence electrons. The van der Waals surface area contributed by atoms with Gasteiger partial charge in [-0.05, 0) is 11.6 Å². The van der Waals surface area contributed by atoms with Gasteiger partial charge in [-0.2, -0.15) is 0 Å². The molecule has 1 saturated heterocycles. The predicted molar refractivity (Wildman–Crippen MR) is 101 cm³/mol. The summed E-state index contributed by atoms with van der Waals surface area (Å²) in [4.78, 5) is 16.1. The van der Waals surface area contributed by atoms with E-state index in [9.17, 15) is 9.90 Å². The minimum Gasteiger partial charge on any atom is -0.481 e. The van der Waals surface area contributed by atoms with Crippen molar-refractivity contribution in [2.45, 2.75) is 24.5 Å². The molecule has 3 unspecified atom stereocenters. The van der Waals surface area contributed by atoms with Crippen LogP contribution in [0.2, 0.25) is 0 Å². The molecule has 4 N–H and O–H groups in total. The van der Waals surface area contributed by atoms with Crippen molar-refractivity contribution in [2.24, 2.45) is 4.99 Å². The summed E-state index contributed by atoms with van der Waals surface area (Å²) in [6, 6.07) is 17.7. The summed E-state index contributed by atoms with van der Waals surface area (Å²) in [5.41, 5.74) is 3.05. The molecule has 0 saturated carbocycles. The van der Waals surface area contributed by atoms with Gasteiger partial charge in [0.2, 0.25) is 0 Å². The fraction of sp³-hybridized carbons (Fsp3) is 0.300. The van der Waals surface area contributed by atoms with E-state index in [1.54, 1.807) is 0 Å². The molecule has 4 rings (SSSR count). The minimum absolute atomic E-state index is 0.0155. The first-order valence-electron chi connectivity index (χ1n) is 8.89. The summed E-state index contributed by atoms with van der Waals surface area (Å²) in [6.45, 7) is 1.71. The fourth-order valence-electron chi connectivity index (χ4n) is 3.70. The quantitative estimate of drug-likeness (QED) is 0.680. The molecule has 1 fully saturated rings. The van der Waals surface area contributed by atoms with Gasteiger partial charge in [0.1, 0.15) is 5.84 Å². The summed E-state index contributed by atoms with van der Waals surface area (Å²) in [6.07, 6.45) is -0.0155. The first-order chi connectivity index (χ1) is 12.7. The number of carboxylic acid groups (broad SMARTS) is 1. The van der Waals surface area contributed by atoms with Crippen molar-refractivity contribution < 1.29 is 9.90 Å². The van der Waals surface area contributed by atoms with Crippen molar-refractivity contribution in [3.8, 4) is 0 Å². The number of anilines is 1. The van der Waals surface area contributed by atoms with Crippen LogP contribution in [0.15, 0.2) is 59.6 Å². The molecular formula is C20H22N4O2. The largest absolute Gasteiger partial charge is 0.481 e. The van der Waals surface area contributed by atoms with Crippen LogP contribution in [0.3, 0.4) is 0 Å². The number of amidine groups is 1. The predicted octanol–water partition coefficient (Wildman–Crippen LogP) is 2.33. The number of rotatable bonds is 4. The van der Waals surface area contributed by atoms with Crippen LogP contribution < -0.4 is 16.0 Å².